The van der Waals surface area contributed by atoms with E-state index in [0.717, 1.165) is 16.7 Å². The number of fused-ring (bicyclic) bond motifs is 3. The van der Waals surface area contributed by atoms with Crippen molar-refractivity contribution in [3.05, 3.63) is 113 Å². The number of hydrogen-bond donors (Lipinski definition) is 0. The fraction of sp³-hybridized carbons (Fsp3) is 0.156. The average molecular weight is 537 g/mol. The van der Waals surface area contributed by atoms with Crippen molar-refractivity contribution in [1.29, 1.82) is 0 Å². The van der Waals surface area contributed by atoms with Gasteiger partial charge in [-0.3, -0.25) is 0 Å². The molecule has 0 fully saturated rings. The van der Waals surface area contributed by atoms with Gasteiger partial charge in [0.05, 0.1) is 12.7 Å². The molecule has 3 aliphatic heterocycles. The van der Waals surface area contributed by atoms with E-state index in [2.05, 4.69) is 0 Å². The molecular weight excluding hydrogens is 512 g/mol. The molecule has 0 saturated carbocycles. The molecule has 7 rings (SSSR count). The van der Waals surface area contributed by atoms with Crippen LogP contribution in [0.2, 0.25) is 0 Å². The molecule has 4 aromatic rings. The van der Waals surface area contributed by atoms with Crippen LogP contribution in [0.25, 0.3) is 5.57 Å². The second-order valence-corrected chi connectivity index (χ2v) is 9.39. The minimum atomic E-state index is -0.772. The summed E-state index contributed by atoms with van der Waals surface area (Å²) in [5.41, 5.74) is 4.20. The topological polar surface area (TPSA) is 81.7 Å². The molecule has 0 N–H and O–H groups in total. The van der Waals surface area contributed by atoms with E-state index in [0.29, 0.717) is 57.8 Å². The summed E-state index contributed by atoms with van der Waals surface area (Å²) in [6.07, 6.45) is -0.772. The number of carbonyl (C=O) groups excluding carboxylic acids is 1. The van der Waals surface area contributed by atoms with Crippen molar-refractivity contribution in [2.24, 2.45) is 0 Å². The van der Waals surface area contributed by atoms with E-state index in [1.165, 1.54) is 7.11 Å². The smallest absolute Gasteiger partial charge is 0.338 e. The molecule has 1 atom stereocenters. The largest absolute Gasteiger partial charge is 0.489 e. The Morgan fingerprint density at radius 3 is 2.25 bits per heavy atom. The Morgan fingerprint density at radius 2 is 1.48 bits per heavy atom. The highest BCUT2D eigenvalue weighted by Crippen LogP contribution is 2.49. The molecule has 0 aliphatic carbocycles. The molecule has 3 heterocycles. The van der Waals surface area contributed by atoms with Crippen molar-refractivity contribution in [3.8, 4) is 34.5 Å². The third-order valence-corrected chi connectivity index (χ3v) is 7.01. The second-order valence-electron chi connectivity index (χ2n) is 9.39. The van der Waals surface area contributed by atoms with Crippen LogP contribution in [0.5, 0.6) is 34.5 Å². The highest BCUT2D eigenvalue weighted by Gasteiger charge is 2.37. The number of benzene rings is 4. The second kappa shape index (κ2) is 9.89. The van der Waals surface area contributed by atoms with E-state index < -0.39 is 12.1 Å². The summed E-state index contributed by atoms with van der Waals surface area (Å²) < 4.78 is 40.2. The van der Waals surface area contributed by atoms with E-state index in [4.69, 9.17) is 33.2 Å². The van der Waals surface area contributed by atoms with Crippen molar-refractivity contribution in [1.82, 2.24) is 0 Å². The maximum atomic E-state index is 13.5. The van der Waals surface area contributed by atoms with Crippen LogP contribution in [0.4, 0.5) is 0 Å². The number of carbonyl (C=O) groups is 1. The fourth-order valence-corrected chi connectivity index (χ4v) is 5.09. The van der Waals surface area contributed by atoms with Crippen LogP contribution < -0.4 is 28.4 Å². The van der Waals surface area contributed by atoms with Crippen LogP contribution in [0.15, 0.2) is 90.5 Å². The lowest BCUT2D eigenvalue weighted by Crippen LogP contribution is -2.24. The first-order valence-corrected chi connectivity index (χ1v) is 12.8. The SMILES string of the molecule is COC(=O)C1=C(c2ccc3c(c2)OCO3)c2cc(OCc3ccccc3)ccc2OC1c1ccc2c(c1)OCO2. The van der Waals surface area contributed by atoms with Gasteiger partial charge in [0.1, 0.15) is 18.1 Å². The maximum absolute atomic E-state index is 13.5. The first-order chi connectivity index (χ1) is 19.7. The van der Waals surface area contributed by atoms with Gasteiger partial charge in [0.15, 0.2) is 29.1 Å². The van der Waals surface area contributed by atoms with E-state index >= 15 is 0 Å². The van der Waals surface area contributed by atoms with Crippen LogP contribution in [0.1, 0.15) is 28.4 Å². The van der Waals surface area contributed by atoms with Gasteiger partial charge in [0.2, 0.25) is 13.6 Å². The molecule has 8 heteroatoms. The first-order valence-electron chi connectivity index (χ1n) is 12.8. The molecule has 0 saturated heterocycles. The van der Waals surface area contributed by atoms with Crippen LogP contribution in [0.3, 0.4) is 0 Å². The van der Waals surface area contributed by atoms with Crippen molar-refractivity contribution in [3.63, 3.8) is 0 Å². The lowest BCUT2D eigenvalue weighted by atomic mass is 9.85. The van der Waals surface area contributed by atoms with Crippen LogP contribution >= 0.6 is 0 Å². The van der Waals surface area contributed by atoms with E-state index in [-0.39, 0.29) is 13.6 Å². The van der Waals surface area contributed by atoms with Crippen LogP contribution in [-0.2, 0) is 16.1 Å². The van der Waals surface area contributed by atoms with Crippen LogP contribution in [-0.4, -0.2) is 26.7 Å². The van der Waals surface area contributed by atoms with Crippen molar-refractivity contribution >= 4 is 11.5 Å². The number of esters is 1. The summed E-state index contributed by atoms with van der Waals surface area (Å²) in [6.45, 7) is 0.674. The van der Waals surface area contributed by atoms with Gasteiger partial charge in [-0.15, -0.1) is 0 Å². The molecule has 8 nitrogen and oxygen atoms in total. The Balaban J connectivity index is 1.38. The van der Waals surface area contributed by atoms with E-state index in [1.54, 1.807) is 0 Å². The Kier molecular flexibility index (Phi) is 5.92. The van der Waals surface area contributed by atoms with Gasteiger partial charge >= 0.3 is 5.97 Å². The standard InChI is InChI=1S/C32H24O8/c1-34-32(33)30-29(20-7-10-25-27(13-20)38-17-36-25)23-15-22(35-16-19-5-3-2-4-6-19)9-12-24(23)40-31(30)21-8-11-26-28(14-21)39-18-37-26/h2-15,31H,16-18H2,1H3. The van der Waals surface area contributed by atoms with Gasteiger partial charge < -0.3 is 33.2 Å². The summed E-state index contributed by atoms with van der Waals surface area (Å²) in [4.78, 5) is 13.5. The quantitative estimate of drug-likeness (QED) is 0.285. The zero-order valence-corrected chi connectivity index (χ0v) is 21.5. The lowest BCUT2D eigenvalue weighted by molar-refractivity contribution is -0.137. The third-order valence-electron chi connectivity index (χ3n) is 7.01. The van der Waals surface area contributed by atoms with Gasteiger partial charge in [0, 0.05) is 16.7 Å². The molecule has 1 unspecified atom stereocenters. The Morgan fingerprint density at radius 1 is 0.775 bits per heavy atom. The number of methoxy groups -OCH3 is 1. The van der Waals surface area contributed by atoms with Gasteiger partial charge in [-0.1, -0.05) is 42.5 Å². The molecule has 0 radical (unpaired) electrons. The zero-order chi connectivity index (χ0) is 27.1. The molecular formula is C32H24O8. The Hall–Kier alpha value is -5.11. The van der Waals surface area contributed by atoms with Crippen molar-refractivity contribution < 1.29 is 38.0 Å². The Labute approximate surface area is 230 Å². The van der Waals surface area contributed by atoms with Gasteiger partial charge in [-0.25, -0.2) is 4.79 Å². The Bertz CT molecular complexity index is 1640. The predicted molar refractivity (Wildman–Crippen MR) is 144 cm³/mol. The minimum absolute atomic E-state index is 0.138. The number of rotatable bonds is 6. The number of ether oxygens (including phenoxy) is 7. The molecule has 0 spiro atoms. The molecule has 0 aromatic heterocycles. The summed E-state index contributed by atoms with van der Waals surface area (Å²) in [5.74, 6) is 3.17. The zero-order valence-electron chi connectivity index (χ0n) is 21.5. The van der Waals surface area contributed by atoms with E-state index in [9.17, 15) is 4.79 Å². The summed E-state index contributed by atoms with van der Waals surface area (Å²) in [7, 11) is 1.36. The minimum Gasteiger partial charge on any atom is -0.489 e. The average Bonchev–Trinajstić information content (AvgIpc) is 3.68. The van der Waals surface area contributed by atoms with Gasteiger partial charge in [0.25, 0.3) is 0 Å². The molecule has 4 aromatic carbocycles. The highest BCUT2D eigenvalue weighted by atomic mass is 16.7. The first kappa shape index (κ1) is 24.0. The molecule has 0 bridgehead atoms. The predicted octanol–water partition coefficient (Wildman–Crippen LogP) is 5.83. The molecule has 40 heavy (non-hydrogen) atoms. The monoisotopic (exact) mass is 536 g/mol. The van der Waals surface area contributed by atoms with Crippen molar-refractivity contribution in [2.75, 3.05) is 20.7 Å². The van der Waals surface area contributed by atoms with Gasteiger partial charge in [-0.2, -0.15) is 0 Å². The van der Waals surface area contributed by atoms with Crippen molar-refractivity contribution in [2.45, 2.75) is 12.7 Å². The van der Waals surface area contributed by atoms with Crippen LogP contribution in [0, 0.1) is 0 Å². The summed E-state index contributed by atoms with van der Waals surface area (Å²) >= 11 is 0. The van der Waals surface area contributed by atoms with Gasteiger partial charge in [-0.05, 0) is 53.6 Å². The summed E-state index contributed by atoms with van der Waals surface area (Å²) in [5, 5.41) is 0. The summed E-state index contributed by atoms with van der Waals surface area (Å²) in [6, 6.07) is 26.6. The lowest BCUT2D eigenvalue weighted by Gasteiger charge is -2.31. The number of hydrogen-bond acceptors (Lipinski definition) is 8. The van der Waals surface area contributed by atoms with E-state index in [1.807, 2.05) is 84.9 Å². The fourth-order valence-electron chi connectivity index (χ4n) is 5.09. The normalized spacial score (nSPS) is 16.3. The molecule has 200 valence electrons. The molecule has 3 aliphatic rings. The third kappa shape index (κ3) is 4.23. The maximum Gasteiger partial charge on any atom is 0.338 e. The highest BCUT2D eigenvalue weighted by molar-refractivity contribution is 6.05. The molecule has 0 amide bonds.